The van der Waals surface area contributed by atoms with Crippen molar-refractivity contribution in [3.8, 4) is 0 Å². The molecule has 0 saturated heterocycles. The fourth-order valence-corrected chi connectivity index (χ4v) is 3.74. The topological polar surface area (TPSA) is 93.8 Å². The highest BCUT2D eigenvalue weighted by molar-refractivity contribution is 7.99. The van der Waals surface area contributed by atoms with Crippen molar-refractivity contribution < 1.29 is 0 Å². The molecule has 0 saturated carbocycles. The highest BCUT2D eigenvalue weighted by Crippen LogP contribution is 2.37. The molecule has 3 rings (SSSR count). The fourth-order valence-electron chi connectivity index (χ4n) is 2.60. The smallest absolute Gasteiger partial charge is 0.323 e. The first-order valence-corrected chi connectivity index (χ1v) is 7.61. The van der Waals surface area contributed by atoms with Crippen LogP contribution in [-0.2, 0) is 13.5 Å². The Morgan fingerprint density at radius 2 is 2.14 bits per heavy atom. The van der Waals surface area contributed by atoms with Crippen LogP contribution in [0.1, 0.15) is 23.6 Å². The van der Waals surface area contributed by atoms with Gasteiger partial charge in [-0.15, -0.1) is 0 Å². The Kier molecular flexibility index (Phi) is 3.69. The molecule has 0 aliphatic heterocycles. The summed E-state index contributed by atoms with van der Waals surface area (Å²) < 4.78 is 1.47. The van der Waals surface area contributed by atoms with Crippen molar-refractivity contribution in [3.63, 3.8) is 0 Å². The SMILES string of the molecule is Cn1[nH]c(=O)c(=O)nc1SC1CCc2ccccc2C1N. The lowest BCUT2D eigenvalue weighted by Crippen LogP contribution is -2.35. The van der Waals surface area contributed by atoms with E-state index in [9.17, 15) is 9.59 Å². The number of thioether (sulfide) groups is 1. The van der Waals surface area contributed by atoms with Gasteiger partial charge in [0, 0.05) is 18.3 Å². The zero-order chi connectivity index (χ0) is 15.0. The van der Waals surface area contributed by atoms with Crippen LogP contribution in [0.4, 0.5) is 0 Å². The van der Waals surface area contributed by atoms with Crippen LogP contribution in [0.2, 0.25) is 0 Å². The van der Waals surface area contributed by atoms with Crippen molar-refractivity contribution in [3.05, 3.63) is 56.1 Å². The molecule has 0 bridgehead atoms. The molecule has 2 atom stereocenters. The van der Waals surface area contributed by atoms with Gasteiger partial charge >= 0.3 is 11.1 Å². The highest BCUT2D eigenvalue weighted by atomic mass is 32.2. The molecule has 7 heteroatoms. The van der Waals surface area contributed by atoms with E-state index < -0.39 is 11.1 Å². The second-order valence-corrected chi connectivity index (χ2v) is 6.33. The molecule has 1 aromatic heterocycles. The fraction of sp³-hybridized carbons (Fsp3) is 0.357. The molecule has 1 aliphatic carbocycles. The summed E-state index contributed by atoms with van der Waals surface area (Å²) in [5.41, 5.74) is 7.31. The maximum Gasteiger partial charge on any atom is 0.339 e. The first-order valence-electron chi connectivity index (χ1n) is 6.73. The summed E-state index contributed by atoms with van der Waals surface area (Å²) in [4.78, 5) is 26.5. The summed E-state index contributed by atoms with van der Waals surface area (Å²) >= 11 is 1.44. The number of nitrogens with one attached hydrogen (secondary N) is 1. The Balaban J connectivity index is 1.89. The molecular weight excluding hydrogens is 288 g/mol. The van der Waals surface area contributed by atoms with E-state index in [4.69, 9.17) is 5.73 Å². The van der Waals surface area contributed by atoms with Gasteiger partial charge in [0.05, 0.1) is 0 Å². The van der Waals surface area contributed by atoms with Crippen LogP contribution >= 0.6 is 11.8 Å². The first kappa shape index (κ1) is 14.1. The maximum atomic E-state index is 11.4. The summed E-state index contributed by atoms with van der Waals surface area (Å²) in [6, 6.07) is 8.05. The largest absolute Gasteiger partial charge is 0.339 e. The van der Waals surface area contributed by atoms with Crippen LogP contribution in [0.25, 0.3) is 0 Å². The number of rotatable bonds is 2. The number of aromatic nitrogens is 3. The average molecular weight is 304 g/mol. The van der Waals surface area contributed by atoms with Gasteiger partial charge in [0.2, 0.25) is 0 Å². The van der Waals surface area contributed by atoms with Crippen LogP contribution in [-0.4, -0.2) is 20.0 Å². The Labute approximate surface area is 125 Å². The van der Waals surface area contributed by atoms with E-state index in [2.05, 4.69) is 16.1 Å². The Morgan fingerprint density at radius 3 is 2.95 bits per heavy atom. The first-order chi connectivity index (χ1) is 10.1. The number of benzene rings is 1. The molecule has 0 fully saturated rings. The zero-order valence-corrected chi connectivity index (χ0v) is 12.4. The standard InChI is InChI=1S/C14H16N4O2S/c1-18-14(16-12(19)13(20)17-18)21-10-7-6-8-4-2-3-5-9(8)11(10)15/h2-5,10-11H,6-7,15H2,1H3,(H,17,20). The third-order valence-electron chi connectivity index (χ3n) is 3.72. The maximum absolute atomic E-state index is 11.4. The molecule has 1 heterocycles. The van der Waals surface area contributed by atoms with E-state index >= 15 is 0 Å². The monoisotopic (exact) mass is 304 g/mol. The molecule has 6 nitrogen and oxygen atoms in total. The minimum Gasteiger partial charge on any atom is -0.323 e. The zero-order valence-electron chi connectivity index (χ0n) is 11.6. The number of hydrogen-bond donors (Lipinski definition) is 2. The summed E-state index contributed by atoms with van der Waals surface area (Å²) in [5, 5.41) is 3.07. The number of nitrogens with zero attached hydrogens (tertiary/aromatic N) is 2. The molecule has 1 aromatic carbocycles. The average Bonchev–Trinajstić information content (AvgIpc) is 2.48. The second kappa shape index (κ2) is 5.50. The lowest BCUT2D eigenvalue weighted by atomic mass is 9.88. The van der Waals surface area contributed by atoms with E-state index in [0.29, 0.717) is 5.16 Å². The summed E-state index contributed by atoms with van der Waals surface area (Å²) in [6.45, 7) is 0. The molecule has 110 valence electrons. The molecule has 3 N–H and O–H groups in total. The van der Waals surface area contributed by atoms with Gasteiger partial charge in [0.1, 0.15) is 0 Å². The Bertz CT molecular complexity index is 783. The third-order valence-corrected chi connectivity index (χ3v) is 5.12. The van der Waals surface area contributed by atoms with Gasteiger partial charge in [-0.1, -0.05) is 36.0 Å². The van der Waals surface area contributed by atoms with Crippen LogP contribution in [0.3, 0.4) is 0 Å². The van der Waals surface area contributed by atoms with E-state index in [1.807, 2.05) is 18.2 Å². The van der Waals surface area contributed by atoms with E-state index in [0.717, 1.165) is 18.4 Å². The predicted octanol–water partition coefficient (Wildman–Crippen LogP) is 0.575. The molecule has 2 aromatic rings. The number of aryl methyl sites for hydroxylation is 2. The molecule has 21 heavy (non-hydrogen) atoms. The molecule has 0 spiro atoms. The van der Waals surface area contributed by atoms with Crippen molar-refractivity contribution in [2.75, 3.05) is 0 Å². The number of nitrogens with two attached hydrogens (primary N) is 1. The number of H-pyrrole nitrogens is 1. The predicted molar refractivity (Wildman–Crippen MR) is 81.4 cm³/mol. The quantitative estimate of drug-likeness (QED) is 0.791. The molecule has 0 radical (unpaired) electrons. The van der Waals surface area contributed by atoms with Crippen LogP contribution in [0.15, 0.2) is 39.0 Å². The molecule has 0 amide bonds. The van der Waals surface area contributed by atoms with Gasteiger partial charge < -0.3 is 5.73 Å². The second-order valence-electron chi connectivity index (χ2n) is 5.12. The highest BCUT2D eigenvalue weighted by Gasteiger charge is 2.28. The van der Waals surface area contributed by atoms with Crippen molar-refractivity contribution in [1.29, 1.82) is 0 Å². The number of aromatic amines is 1. The van der Waals surface area contributed by atoms with Gasteiger partial charge in [-0.2, -0.15) is 4.98 Å². The van der Waals surface area contributed by atoms with Crippen molar-refractivity contribution >= 4 is 11.8 Å². The molecule has 1 aliphatic rings. The van der Waals surface area contributed by atoms with Crippen molar-refractivity contribution in [2.24, 2.45) is 12.8 Å². The summed E-state index contributed by atoms with van der Waals surface area (Å²) in [5.74, 6) is 0. The van der Waals surface area contributed by atoms with Gasteiger partial charge in [-0.3, -0.25) is 19.4 Å². The normalized spacial score (nSPS) is 21.0. The van der Waals surface area contributed by atoms with Crippen LogP contribution < -0.4 is 16.9 Å². The van der Waals surface area contributed by atoms with E-state index in [1.165, 1.54) is 22.0 Å². The molecule has 2 unspecified atom stereocenters. The number of fused-ring (bicyclic) bond motifs is 1. The minimum absolute atomic E-state index is 0.108. The summed E-state index contributed by atoms with van der Waals surface area (Å²) in [7, 11) is 1.67. The van der Waals surface area contributed by atoms with Gasteiger partial charge in [-0.05, 0) is 24.0 Å². The van der Waals surface area contributed by atoms with E-state index in [1.54, 1.807) is 7.05 Å². The van der Waals surface area contributed by atoms with Crippen LogP contribution in [0.5, 0.6) is 0 Å². The lowest BCUT2D eigenvalue weighted by Gasteiger charge is -2.30. The van der Waals surface area contributed by atoms with Gasteiger partial charge in [-0.25, -0.2) is 0 Å². The third kappa shape index (κ3) is 2.66. The van der Waals surface area contributed by atoms with Crippen molar-refractivity contribution in [2.45, 2.75) is 29.3 Å². The van der Waals surface area contributed by atoms with E-state index in [-0.39, 0.29) is 11.3 Å². The Morgan fingerprint density at radius 1 is 1.38 bits per heavy atom. The number of hydrogen-bond acceptors (Lipinski definition) is 5. The van der Waals surface area contributed by atoms with Crippen molar-refractivity contribution in [1.82, 2.24) is 14.8 Å². The lowest BCUT2D eigenvalue weighted by molar-refractivity contribution is 0.566. The molecular formula is C14H16N4O2S. The van der Waals surface area contributed by atoms with Gasteiger partial charge in [0.25, 0.3) is 0 Å². The minimum atomic E-state index is -0.764. The summed E-state index contributed by atoms with van der Waals surface area (Å²) in [6.07, 6.45) is 1.87. The Hall–Kier alpha value is -1.86. The van der Waals surface area contributed by atoms with Crippen LogP contribution in [0, 0.1) is 0 Å². The van der Waals surface area contributed by atoms with Gasteiger partial charge in [0.15, 0.2) is 5.16 Å².